The molecule has 1 aliphatic rings. The second-order valence-corrected chi connectivity index (χ2v) is 5.14. The maximum Gasteiger partial charge on any atom is 0.162 e. The van der Waals surface area contributed by atoms with E-state index in [1.165, 1.54) is 12.1 Å². The van der Waals surface area contributed by atoms with Crippen LogP contribution in [0.5, 0.6) is 0 Å². The van der Waals surface area contributed by atoms with Crippen LogP contribution in [0.1, 0.15) is 38.2 Å². The molecule has 1 unspecified atom stereocenters. The van der Waals surface area contributed by atoms with Crippen LogP contribution in [0.25, 0.3) is 0 Å². The number of hydrogen-bond donors (Lipinski definition) is 1. The molecule has 1 N–H and O–H groups in total. The highest BCUT2D eigenvalue weighted by molar-refractivity contribution is 5.20. The lowest BCUT2D eigenvalue weighted by Crippen LogP contribution is -2.44. The summed E-state index contributed by atoms with van der Waals surface area (Å²) in [4.78, 5) is 0. The van der Waals surface area contributed by atoms with Gasteiger partial charge >= 0.3 is 0 Å². The van der Waals surface area contributed by atoms with Gasteiger partial charge in [0.25, 0.3) is 0 Å². The number of benzene rings is 1. The van der Waals surface area contributed by atoms with E-state index in [4.69, 9.17) is 4.74 Å². The first-order valence-electron chi connectivity index (χ1n) is 6.84. The molecular formula is C15H20F2O2. The number of rotatable bonds is 5. The predicted octanol–water partition coefficient (Wildman–Crippen LogP) is 3.22. The fourth-order valence-electron chi connectivity index (χ4n) is 2.94. The number of ether oxygens (including phenoxy) is 1. The maximum atomic E-state index is 13.6. The molecule has 0 aromatic heterocycles. The van der Waals surface area contributed by atoms with Crippen LogP contribution < -0.4 is 0 Å². The van der Waals surface area contributed by atoms with E-state index < -0.39 is 23.3 Å². The average Bonchev–Trinajstić information content (AvgIpc) is 2.85. The van der Waals surface area contributed by atoms with Gasteiger partial charge in [-0.15, -0.1) is 0 Å². The molecule has 1 fully saturated rings. The summed E-state index contributed by atoms with van der Waals surface area (Å²) in [6.45, 7) is 2.40. The Morgan fingerprint density at radius 1 is 1.32 bits per heavy atom. The fourth-order valence-corrected chi connectivity index (χ4v) is 2.94. The van der Waals surface area contributed by atoms with Gasteiger partial charge in [-0.2, -0.15) is 0 Å². The summed E-state index contributed by atoms with van der Waals surface area (Å²) >= 11 is 0. The Kier molecular flexibility index (Phi) is 4.53. The van der Waals surface area contributed by atoms with Gasteiger partial charge in [0, 0.05) is 13.0 Å². The highest BCUT2D eigenvalue weighted by Gasteiger charge is 2.41. The Bertz CT molecular complexity index is 428. The Hall–Kier alpha value is -1.00. The van der Waals surface area contributed by atoms with Crippen molar-refractivity contribution < 1.29 is 18.6 Å². The van der Waals surface area contributed by atoms with Crippen LogP contribution in [-0.4, -0.2) is 23.4 Å². The topological polar surface area (TPSA) is 29.5 Å². The van der Waals surface area contributed by atoms with Crippen molar-refractivity contribution in [2.45, 2.75) is 50.7 Å². The standard InChI is InChI=1S/C15H20F2O2/c1-2-19-15(8-3-4-9-15)13(18)10-11-6-5-7-12(16)14(11)17/h5-7,13,18H,2-4,8-10H2,1H3. The number of hydrogen-bond acceptors (Lipinski definition) is 2. The number of aliphatic hydroxyl groups is 1. The third-order valence-electron chi connectivity index (χ3n) is 3.93. The fraction of sp³-hybridized carbons (Fsp3) is 0.600. The minimum atomic E-state index is -0.874. The molecule has 1 saturated carbocycles. The molecule has 0 bridgehead atoms. The number of halogens is 2. The van der Waals surface area contributed by atoms with Crippen molar-refractivity contribution in [3.05, 3.63) is 35.4 Å². The first kappa shape index (κ1) is 14.4. The second kappa shape index (κ2) is 5.97. The molecule has 1 atom stereocenters. The lowest BCUT2D eigenvalue weighted by molar-refractivity contribution is -0.115. The molecule has 4 heteroatoms. The van der Waals surface area contributed by atoms with E-state index in [0.717, 1.165) is 31.7 Å². The summed E-state index contributed by atoms with van der Waals surface area (Å²) in [5, 5.41) is 10.4. The zero-order valence-corrected chi connectivity index (χ0v) is 11.2. The summed E-state index contributed by atoms with van der Waals surface area (Å²) < 4.78 is 32.5. The van der Waals surface area contributed by atoms with Gasteiger partial charge in [-0.3, -0.25) is 0 Å². The SMILES string of the molecule is CCOC1(C(O)Cc2cccc(F)c2F)CCCC1. The van der Waals surface area contributed by atoms with E-state index >= 15 is 0 Å². The summed E-state index contributed by atoms with van der Waals surface area (Å²) in [6.07, 6.45) is 2.85. The summed E-state index contributed by atoms with van der Waals surface area (Å²) in [7, 11) is 0. The molecule has 0 saturated heterocycles. The molecule has 0 radical (unpaired) electrons. The minimum absolute atomic E-state index is 0.0869. The maximum absolute atomic E-state index is 13.6. The summed E-state index contributed by atoms with van der Waals surface area (Å²) in [6, 6.07) is 4.05. The summed E-state index contributed by atoms with van der Waals surface area (Å²) in [5.41, 5.74) is -0.383. The lowest BCUT2D eigenvalue weighted by atomic mass is 9.89. The monoisotopic (exact) mass is 270 g/mol. The van der Waals surface area contributed by atoms with Crippen molar-refractivity contribution in [1.82, 2.24) is 0 Å². The molecule has 0 heterocycles. The van der Waals surface area contributed by atoms with E-state index in [1.807, 2.05) is 6.92 Å². The van der Waals surface area contributed by atoms with E-state index in [0.29, 0.717) is 6.61 Å². The Morgan fingerprint density at radius 3 is 2.63 bits per heavy atom. The third kappa shape index (κ3) is 2.95. The van der Waals surface area contributed by atoms with Crippen LogP contribution in [0.4, 0.5) is 8.78 Å². The Labute approximate surface area is 112 Å². The quantitative estimate of drug-likeness (QED) is 0.890. The van der Waals surface area contributed by atoms with Gasteiger partial charge in [0.2, 0.25) is 0 Å². The van der Waals surface area contributed by atoms with Crippen LogP contribution in [0.15, 0.2) is 18.2 Å². The molecule has 0 spiro atoms. The normalized spacial score (nSPS) is 19.6. The highest BCUT2D eigenvalue weighted by Crippen LogP contribution is 2.37. The average molecular weight is 270 g/mol. The first-order chi connectivity index (χ1) is 9.09. The van der Waals surface area contributed by atoms with Crippen LogP contribution in [0.3, 0.4) is 0 Å². The van der Waals surface area contributed by atoms with Crippen molar-refractivity contribution in [2.24, 2.45) is 0 Å². The van der Waals surface area contributed by atoms with Gasteiger partial charge in [0.1, 0.15) is 0 Å². The van der Waals surface area contributed by atoms with Crippen LogP contribution >= 0.6 is 0 Å². The predicted molar refractivity (Wildman–Crippen MR) is 68.9 cm³/mol. The Balaban J connectivity index is 2.15. The van der Waals surface area contributed by atoms with Gasteiger partial charge in [0.05, 0.1) is 11.7 Å². The zero-order chi connectivity index (χ0) is 13.9. The van der Waals surface area contributed by atoms with Gasteiger partial charge in [-0.05, 0) is 31.4 Å². The Morgan fingerprint density at radius 2 is 2.00 bits per heavy atom. The smallest absolute Gasteiger partial charge is 0.162 e. The minimum Gasteiger partial charge on any atom is -0.390 e. The molecule has 1 aromatic rings. The van der Waals surface area contributed by atoms with Crippen molar-refractivity contribution >= 4 is 0 Å². The van der Waals surface area contributed by atoms with Crippen LogP contribution in [0.2, 0.25) is 0 Å². The van der Waals surface area contributed by atoms with Gasteiger partial charge in [0.15, 0.2) is 11.6 Å². The van der Waals surface area contributed by atoms with Gasteiger partial charge in [-0.1, -0.05) is 25.0 Å². The summed E-state index contributed by atoms with van der Waals surface area (Å²) in [5.74, 6) is -1.74. The van der Waals surface area contributed by atoms with Crippen LogP contribution in [0, 0.1) is 11.6 Å². The van der Waals surface area contributed by atoms with Crippen LogP contribution in [-0.2, 0) is 11.2 Å². The first-order valence-corrected chi connectivity index (χ1v) is 6.84. The molecule has 2 rings (SSSR count). The largest absolute Gasteiger partial charge is 0.390 e. The molecule has 0 aliphatic heterocycles. The van der Waals surface area contributed by atoms with E-state index in [-0.39, 0.29) is 12.0 Å². The van der Waals surface area contributed by atoms with Crippen molar-refractivity contribution in [1.29, 1.82) is 0 Å². The molecule has 106 valence electrons. The molecule has 19 heavy (non-hydrogen) atoms. The van der Waals surface area contributed by atoms with Gasteiger partial charge < -0.3 is 9.84 Å². The lowest BCUT2D eigenvalue weighted by Gasteiger charge is -2.34. The zero-order valence-electron chi connectivity index (χ0n) is 11.2. The number of aliphatic hydroxyl groups excluding tert-OH is 1. The molecule has 0 amide bonds. The molecule has 1 aromatic carbocycles. The van der Waals surface area contributed by atoms with Crippen molar-refractivity contribution in [3.8, 4) is 0 Å². The van der Waals surface area contributed by atoms with E-state index in [1.54, 1.807) is 0 Å². The third-order valence-corrected chi connectivity index (χ3v) is 3.93. The molecule has 2 nitrogen and oxygen atoms in total. The molecule has 1 aliphatic carbocycles. The van der Waals surface area contributed by atoms with Crippen molar-refractivity contribution in [2.75, 3.05) is 6.61 Å². The van der Waals surface area contributed by atoms with Crippen molar-refractivity contribution in [3.63, 3.8) is 0 Å². The van der Waals surface area contributed by atoms with E-state index in [9.17, 15) is 13.9 Å². The second-order valence-electron chi connectivity index (χ2n) is 5.14. The molecular weight excluding hydrogens is 250 g/mol. The highest BCUT2D eigenvalue weighted by atomic mass is 19.2. The van der Waals surface area contributed by atoms with Gasteiger partial charge in [-0.25, -0.2) is 8.78 Å². The van der Waals surface area contributed by atoms with E-state index in [2.05, 4.69) is 0 Å².